The largest absolute Gasteiger partial charge is 0.452 e. The molecule has 2 aromatic rings. The summed E-state index contributed by atoms with van der Waals surface area (Å²) >= 11 is 0. The van der Waals surface area contributed by atoms with Crippen molar-refractivity contribution in [2.45, 2.75) is 39.2 Å². The van der Waals surface area contributed by atoms with E-state index in [0.29, 0.717) is 17.4 Å². The van der Waals surface area contributed by atoms with E-state index in [1.54, 1.807) is 24.3 Å². The molecule has 0 unspecified atom stereocenters. The summed E-state index contributed by atoms with van der Waals surface area (Å²) in [4.78, 5) is 24.2. The van der Waals surface area contributed by atoms with Gasteiger partial charge in [0.15, 0.2) is 6.61 Å². The number of benzene rings is 1. The van der Waals surface area contributed by atoms with Crippen LogP contribution in [0.3, 0.4) is 0 Å². The summed E-state index contributed by atoms with van der Waals surface area (Å²) in [5.41, 5.74) is 1.10. The second-order valence-corrected chi connectivity index (χ2v) is 6.82. The number of hydrogen-bond donors (Lipinski definition) is 1. The predicted octanol–water partition coefficient (Wildman–Crippen LogP) is 1.76. The van der Waals surface area contributed by atoms with E-state index < -0.39 is 5.97 Å². The first-order valence-electron chi connectivity index (χ1n) is 8.84. The zero-order valence-electron chi connectivity index (χ0n) is 15.0. The third-order valence-electron chi connectivity index (χ3n) is 5.10. The van der Waals surface area contributed by atoms with Crippen molar-refractivity contribution in [1.82, 2.24) is 25.5 Å². The van der Waals surface area contributed by atoms with Gasteiger partial charge in [-0.1, -0.05) is 26.7 Å². The molecule has 8 heteroatoms. The summed E-state index contributed by atoms with van der Waals surface area (Å²) in [6.07, 6.45) is 4.75. The molecule has 3 rings (SSSR count). The Bertz CT molecular complexity index is 745. The van der Waals surface area contributed by atoms with E-state index in [4.69, 9.17) is 4.74 Å². The molecule has 1 heterocycles. The molecule has 1 saturated carbocycles. The van der Waals surface area contributed by atoms with Crippen molar-refractivity contribution in [1.29, 1.82) is 0 Å². The summed E-state index contributed by atoms with van der Waals surface area (Å²) in [6.45, 7) is 4.10. The zero-order chi connectivity index (χ0) is 18.5. The average Bonchev–Trinajstić information content (AvgIpc) is 3.18. The van der Waals surface area contributed by atoms with E-state index in [2.05, 4.69) is 34.7 Å². The van der Waals surface area contributed by atoms with Gasteiger partial charge < -0.3 is 10.1 Å². The van der Waals surface area contributed by atoms with Crippen LogP contribution in [-0.2, 0) is 9.53 Å². The Morgan fingerprint density at radius 2 is 2.00 bits per heavy atom. The van der Waals surface area contributed by atoms with Gasteiger partial charge in [0.05, 0.1) is 11.3 Å². The zero-order valence-corrected chi connectivity index (χ0v) is 15.0. The van der Waals surface area contributed by atoms with Crippen molar-refractivity contribution in [3.05, 3.63) is 36.2 Å². The Labute approximate surface area is 151 Å². The molecule has 1 aromatic heterocycles. The average molecular weight is 357 g/mol. The van der Waals surface area contributed by atoms with Crippen LogP contribution in [0.1, 0.15) is 43.5 Å². The van der Waals surface area contributed by atoms with Crippen LogP contribution in [-0.4, -0.2) is 44.7 Å². The smallest absolute Gasteiger partial charge is 0.338 e. The number of amides is 1. The minimum atomic E-state index is -0.534. The summed E-state index contributed by atoms with van der Waals surface area (Å²) in [5.74, 6) is 0.237. The normalized spacial score (nSPS) is 22.6. The molecular weight excluding hydrogens is 334 g/mol. The van der Waals surface area contributed by atoms with Gasteiger partial charge in [-0.25, -0.2) is 9.48 Å². The Hall–Kier alpha value is -2.77. The van der Waals surface area contributed by atoms with E-state index in [1.165, 1.54) is 17.4 Å². The van der Waals surface area contributed by atoms with Crippen LogP contribution >= 0.6 is 0 Å². The Balaban J connectivity index is 1.49. The number of hydrogen-bond acceptors (Lipinski definition) is 6. The minimum absolute atomic E-state index is 0.153. The van der Waals surface area contributed by atoms with Gasteiger partial charge in [0.25, 0.3) is 5.91 Å². The van der Waals surface area contributed by atoms with Gasteiger partial charge in [-0.3, -0.25) is 4.79 Å². The highest BCUT2D eigenvalue weighted by atomic mass is 16.5. The lowest BCUT2D eigenvalue weighted by Gasteiger charge is -2.34. The standard InChI is InChI=1S/C18H23N5O3/c1-12-4-3-5-16(13(12)2)20-17(24)10-26-18(25)14-6-8-15(9-7-14)23-11-19-21-22-23/h6-9,11-13,16H,3-5,10H2,1-2H3,(H,20,24)/t12-,13+,16+/m0/s1. The first kappa shape index (κ1) is 18.0. The van der Waals surface area contributed by atoms with Crippen molar-refractivity contribution in [2.75, 3.05) is 6.61 Å². The molecule has 1 aliphatic rings. The number of rotatable bonds is 5. The van der Waals surface area contributed by atoms with Gasteiger partial charge in [-0.2, -0.15) is 0 Å². The molecule has 8 nitrogen and oxygen atoms in total. The number of carbonyl (C=O) groups is 2. The molecule has 1 N–H and O–H groups in total. The molecule has 26 heavy (non-hydrogen) atoms. The fourth-order valence-corrected chi connectivity index (χ4v) is 3.28. The van der Waals surface area contributed by atoms with Crippen LogP contribution in [0, 0.1) is 11.8 Å². The monoisotopic (exact) mass is 357 g/mol. The lowest BCUT2D eigenvalue weighted by Crippen LogP contribution is -2.45. The summed E-state index contributed by atoms with van der Waals surface area (Å²) in [5, 5.41) is 13.9. The molecule has 1 aliphatic carbocycles. The minimum Gasteiger partial charge on any atom is -0.452 e. The Morgan fingerprint density at radius 3 is 2.69 bits per heavy atom. The van der Waals surface area contributed by atoms with Gasteiger partial charge in [-0.05, 0) is 52.9 Å². The van der Waals surface area contributed by atoms with Crippen LogP contribution < -0.4 is 5.32 Å². The van der Waals surface area contributed by atoms with Crippen molar-refractivity contribution < 1.29 is 14.3 Å². The molecule has 1 aromatic carbocycles. The molecule has 0 aliphatic heterocycles. The Kier molecular flexibility index (Phi) is 5.60. The number of nitrogens with one attached hydrogen (secondary N) is 1. The van der Waals surface area contributed by atoms with Crippen LogP contribution in [0.15, 0.2) is 30.6 Å². The number of aromatic nitrogens is 4. The molecular formula is C18H23N5O3. The van der Waals surface area contributed by atoms with E-state index in [1.807, 2.05) is 0 Å². The number of esters is 1. The SMILES string of the molecule is C[C@@H]1[C@@H](C)CCC[C@H]1NC(=O)COC(=O)c1ccc(-n2cnnn2)cc1. The quantitative estimate of drug-likeness (QED) is 0.819. The first-order valence-corrected chi connectivity index (χ1v) is 8.84. The summed E-state index contributed by atoms with van der Waals surface area (Å²) in [7, 11) is 0. The van der Waals surface area contributed by atoms with Crippen molar-refractivity contribution in [2.24, 2.45) is 11.8 Å². The van der Waals surface area contributed by atoms with E-state index in [9.17, 15) is 9.59 Å². The molecule has 0 spiro atoms. The maximum atomic E-state index is 12.1. The molecule has 3 atom stereocenters. The lowest BCUT2D eigenvalue weighted by atomic mass is 9.78. The molecule has 0 radical (unpaired) electrons. The molecule has 1 fully saturated rings. The van der Waals surface area contributed by atoms with Crippen LogP contribution in [0.2, 0.25) is 0 Å². The lowest BCUT2D eigenvalue weighted by molar-refractivity contribution is -0.125. The summed E-state index contributed by atoms with van der Waals surface area (Å²) < 4.78 is 6.61. The fraction of sp³-hybridized carbons (Fsp3) is 0.500. The number of nitrogens with zero attached hydrogens (tertiary/aromatic N) is 4. The Morgan fingerprint density at radius 1 is 1.23 bits per heavy atom. The highest BCUT2D eigenvalue weighted by molar-refractivity contribution is 5.91. The third kappa shape index (κ3) is 4.25. The number of tetrazole rings is 1. The van der Waals surface area contributed by atoms with Gasteiger partial charge in [-0.15, -0.1) is 5.10 Å². The number of ether oxygens (including phenoxy) is 1. The maximum absolute atomic E-state index is 12.1. The van der Waals surface area contributed by atoms with Gasteiger partial charge in [0.1, 0.15) is 6.33 Å². The molecule has 0 bridgehead atoms. The van der Waals surface area contributed by atoms with Crippen LogP contribution in [0.5, 0.6) is 0 Å². The topological polar surface area (TPSA) is 99.0 Å². The van der Waals surface area contributed by atoms with Gasteiger partial charge in [0.2, 0.25) is 0 Å². The van der Waals surface area contributed by atoms with E-state index >= 15 is 0 Å². The van der Waals surface area contributed by atoms with E-state index in [-0.39, 0.29) is 18.6 Å². The first-order chi connectivity index (χ1) is 12.5. The molecule has 0 saturated heterocycles. The maximum Gasteiger partial charge on any atom is 0.338 e. The van der Waals surface area contributed by atoms with Gasteiger partial charge in [0, 0.05) is 6.04 Å². The second-order valence-electron chi connectivity index (χ2n) is 6.82. The highest BCUT2D eigenvalue weighted by Crippen LogP contribution is 2.29. The fourth-order valence-electron chi connectivity index (χ4n) is 3.28. The molecule has 138 valence electrons. The second kappa shape index (κ2) is 8.07. The van der Waals surface area contributed by atoms with Crippen molar-refractivity contribution >= 4 is 11.9 Å². The third-order valence-corrected chi connectivity index (χ3v) is 5.10. The van der Waals surface area contributed by atoms with Crippen molar-refractivity contribution in [3.8, 4) is 5.69 Å². The van der Waals surface area contributed by atoms with Gasteiger partial charge >= 0.3 is 5.97 Å². The summed E-state index contributed by atoms with van der Waals surface area (Å²) in [6, 6.07) is 6.79. The predicted molar refractivity (Wildman–Crippen MR) is 93.5 cm³/mol. The van der Waals surface area contributed by atoms with Crippen molar-refractivity contribution in [3.63, 3.8) is 0 Å². The highest BCUT2D eigenvalue weighted by Gasteiger charge is 2.28. The molecule has 1 amide bonds. The number of carbonyl (C=O) groups excluding carboxylic acids is 2. The van der Waals surface area contributed by atoms with E-state index in [0.717, 1.165) is 18.5 Å². The van der Waals surface area contributed by atoms with Crippen LogP contribution in [0.25, 0.3) is 5.69 Å². The van der Waals surface area contributed by atoms with Crippen LogP contribution in [0.4, 0.5) is 0 Å².